The number of halogens is 1. The Hall–Kier alpha value is -0.930. The van der Waals surface area contributed by atoms with E-state index in [0.717, 1.165) is 5.56 Å². The molecule has 2 unspecified atom stereocenters. The molecule has 0 radical (unpaired) electrons. The first-order valence-corrected chi connectivity index (χ1v) is 4.28. The van der Waals surface area contributed by atoms with Crippen LogP contribution in [0.15, 0.2) is 24.3 Å². The molecular formula is C10H11FO2. The van der Waals surface area contributed by atoms with Crippen molar-refractivity contribution < 1.29 is 14.2 Å². The summed E-state index contributed by atoms with van der Waals surface area (Å²) >= 11 is 0. The lowest BCUT2D eigenvalue weighted by molar-refractivity contribution is 0.124. The second-order valence-electron chi connectivity index (χ2n) is 3.26. The van der Waals surface area contributed by atoms with Gasteiger partial charge in [-0.2, -0.15) is 0 Å². The summed E-state index contributed by atoms with van der Waals surface area (Å²) in [4.78, 5) is 0. The molecule has 13 heavy (non-hydrogen) atoms. The summed E-state index contributed by atoms with van der Waals surface area (Å²) in [7, 11) is 0. The predicted octanol–water partition coefficient (Wildman–Crippen LogP) is 1.30. The van der Waals surface area contributed by atoms with Crippen LogP contribution in [0.1, 0.15) is 11.5 Å². The molecule has 70 valence electrons. The fourth-order valence-electron chi connectivity index (χ4n) is 1.57. The third-order valence-electron chi connectivity index (χ3n) is 2.35. The van der Waals surface area contributed by atoms with Crippen molar-refractivity contribution in [2.45, 2.75) is 12.0 Å². The van der Waals surface area contributed by atoms with E-state index in [1.54, 1.807) is 12.1 Å². The van der Waals surface area contributed by atoms with Gasteiger partial charge >= 0.3 is 0 Å². The fourth-order valence-corrected chi connectivity index (χ4v) is 1.57. The van der Waals surface area contributed by atoms with Crippen LogP contribution in [-0.2, 0) is 4.74 Å². The van der Waals surface area contributed by atoms with Crippen molar-refractivity contribution in [2.24, 2.45) is 0 Å². The quantitative estimate of drug-likeness (QED) is 0.709. The molecule has 1 saturated heterocycles. The van der Waals surface area contributed by atoms with Gasteiger partial charge in [0.2, 0.25) is 0 Å². The van der Waals surface area contributed by atoms with Gasteiger partial charge in [-0.25, -0.2) is 4.39 Å². The van der Waals surface area contributed by atoms with Gasteiger partial charge in [0, 0.05) is 5.92 Å². The summed E-state index contributed by atoms with van der Waals surface area (Å²) in [5.41, 5.74) is 0.936. The number of aliphatic hydroxyl groups excluding tert-OH is 1. The SMILES string of the molecule is OC1COCC1c1ccc(F)cc1. The monoisotopic (exact) mass is 182 g/mol. The molecule has 1 heterocycles. The first-order valence-electron chi connectivity index (χ1n) is 4.28. The fraction of sp³-hybridized carbons (Fsp3) is 0.400. The summed E-state index contributed by atoms with van der Waals surface area (Å²) in [6, 6.07) is 6.19. The molecule has 3 heteroatoms. The molecule has 1 aliphatic rings. The molecule has 1 aliphatic heterocycles. The molecule has 1 aromatic carbocycles. The van der Waals surface area contributed by atoms with Crippen molar-refractivity contribution in [1.29, 1.82) is 0 Å². The van der Waals surface area contributed by atoms with E-state index in [0.29, 0.717) is 13.2 Å². The Labute approximate surface area is 76.0 Å². The summed E-state index contributed by atoms with van der Waals surface area (Å²) < 4.78 is 17.7. The normalized spacial score (nSPS) is 27.8. The van der Waals surface area contributed by atoms with E-state index >= 15 is 0 Å². The standard InChI is InChI=1S/C10H11FO2/c11-8-3-1-7(2-4-8)9-5-13-6-10(9)12/h1-4,9-10,12H,5-6H2. The van der Waals surface area contributed by atoms with E-state index < -0.39 is 6.10 Å². The third-order valence-corrected chi connectivity index (χ3v) is 2.35. The van der Waals surface area contributed by atoms with Crippen LogP contribution in [0.4, 0.5) is 4.39 Å². The van der Waals surface area contributed by atoms with E-state index in [1.807, 2.05) is 0 Å². The van der Waals surface area contributed by atoms with Gasteiger partial charge < -0.3 is 9.84 Å². The van der Waals surface area contributed by atoms with Crippen LogP contribution in [0, 0.1) is 5.82 Å². The number of benzene rings is 1. The lowest BCUT2D eigenvalue weighted by Gasteiger charge is -2.11. The number of hydrogen-bond acceptors (Lipinski definition) is 2. The molecule has 0 aromatic heterocycles. The highest BCUT2D eigenvalue weighted by molar-refractivity contribution is 5.22. The Morgan fingerprint density at radius 3 is 2.46 bits per heavy atom. The molecule has 0 aliphatic carbocycles. The van der Waals surface area contributed by atoms with Crippen molar-refractivity contribution in [1.82, 2.24) is 0 Å². The lowest BCUT2D eigenvalue weighted by Crippen LogP contribution is -2.15. The summed E-state index contributed by atoms with van der Waals surface area (Å²) in [5, 5.41) is 9.49. The Bertz CT molecular complexity index is 283. The average Bonchev–Trinajstić information content (AvgIpc) is 2.53. The van der Waals surface area contributed by atoms with Gasteiger partial charge in [0.1, 0.15) is 5.82 Å². The lowest BCUT2D eigenvalue weighted by atomic mass is 9.96. The van der Waals surface area contributed by atoms with Crippen molar-refractivity contribution >= 4 is 0 Å². The van der Waals surface area contributed by atoms with Crippen molar-refractivity contribution in [3.63, 3.8) is 0 Å². The number of ether oxygens (including phenoxy) is 1. The smallest absolute Gasteiger partial charge is 0.123 e. The molecule has 2 nitrogen and oxygen atoms in total. The maximum atomic E-state index is 12.6. The topological polar surface area (TPSA) is 29.5 Å². The molecule has 1 fully saturated rings. The molecule has 0 saturated carbocycles. The second-order valence-corrected chi connectivity index (χ2v) is 3.26. The molecule has 0 bridgehead atoms. The van der Waals surface area contributed by atoms with Crippen LogP contribution in [0.5, 0.6) is 0 Å². The van der Waals surface area contributed by atoms with Gasteiger partial charge in [-0.1, -0.05) is 12.1 Å². The highest BCUT2D eigenvalue weighted by Crippen LogP contribution is 2.25. The summed E-state index contributed by atoms with van der Waals surface area (Å²) in [5.74, 6) is -0.252. The maximum Gasteiger partial charge on any atom is 0.123 e. The van der Waals surface area contributed by atoms with Gasteiger partial charge in [-0.05, 0) is 17.7 Å². The van der Waals surface area contributed by atoms with E-state index in [4.69, 9.17) is 4.74 Å². The maximum absolute atomic E-state index is 12.6. The molecule has 0 spiro atoms. The van der Waals surface area contributed by atoms with Crippen molar-refractivity contribution in [3.8, 4) is 0 Å². The van der Waals surface area contributed by atoms with Gasteiger partial charge in [0.15, 0.2) is 0 Å². The zero-order valence-corrected chi connectivity index (χ0v) is 7.11. The van der Waals surface area contributed by atoms with E-state index in [2.05, 4.69) is 0 Å². The Balaban J connectivity index is 2.20. The Kier molecular flexibility index (Phi) is 2.29. The first kappa shape index (κ1) is 8.66. The van der Waals surface area contributed by atoms with Gasteiger partial charge in [0.05, 0.1) is 19.3 Å². The zero-order chi connectivity index (χ0) is 9.26. The average molecular weight is 182 g/mol. The molecule has 1 N–H and O–H groups in total. The minimum Gasteiger partial charge on any atom is -0.390 e. The number of aliphatic hydroxyl groups is 1. The van der Waals surface area contributed by atoms with E-state index in [9.17, 15) is 9.50 Å². The van der Waals surface area contributed by atoms with Gasteiger partial charge in [-0.3, -0.25) is 0 Å². The van der Waals surface area contributed by atoms with Crippen LogP contribution in [-0.4, -0.2) is 24.4 Å². The Morgan fingerprint density at radius 2 is 1.92 bits per heavy atom. The summed E-state index contributed by atoms with van der Waals surface area (Å²) in [6.45, 7) is 0.898. The van der Waals surface area contributed by atoms with Gasteiger partial charge in [-0.15, -0.1) is 0 Å². The largest absolute Gasteiger partial charge is 0.390 e. The highest BCUT2D eigenvalue weighted by Gasteiger charge is 2.27. The molecule has 1 aromatic rings. The van der Waals surface area contributed by atoms with E-state index in [-0.39, 0.29) is 11.7 Å². The van der Waals surface area contributed by atoms with Crippen LogP contribution in [0.3, 0.4) is 0 Å². The van der Waals surface area contributed by atoms with Crippen LogP contribution < -0.4 is 0 Å². The second kappa shape index (κ2) is 3.44. The first-order chi connectivity index (χ1) is 6.27. The minimum absolute atomic E-state index is 0.000556. The van der Waals surface area contributed by atoms with Crippen LogP contribution in [0.25, 0.3) is 0 Å². The van der Waals surface area contributed by atoms with Crippen molar-refractivity contribution in [2.75, 3.05) is 13.2 Å². The van der Waals surface area contributed by atoms with Crippen molar-refractivity contribution in [3.05, 3.63) is 35.6 Å². The van der Waals surface area contributed by atoms with Gasteiger partial charge in [0.25, 0.3) is 0 Å². The Morgan fingerprint density at radius 1 is 1.23 bits per heavy atom. The molecular weight excluding hydrogens is 171 g/mol. The third kappa shape index (κ3) is 1.71. The molecule has 2 atom stereocenters. The highest BCUT2D eigenvalue weighted by atomic mass is 19.1. The minimum atomic E-state index is -0.453. The number of hydrogen-bond donors (Lipinski definition) is 1. The van der Waals surface area contributed by atoms with E-state index in [1.165, 1.54) is 12.1 Å². The molecule has 2 rings (SSSR count). The summed E-state index contributed by atoms with van der Waals surface area (Å²) in [6.07, 6.45) is -0.453. The van der Waals surface area contributed by atoms with Crippen LogP contribution in [0.2, 0.25) is 0 Å². The predicted molar refractivity (Wildman–Crippen MR) is 46.0 cm³/mol. The zero-order valence-electron chi connectivity index (χ0n) is 7.11. The van der Waals surface area contributed by atoms with Crippen LogP contribution >= 0.6 is 0 Å². The molecule has 0 amide bonds. The number of rotatable bonds is 1.